The van der Waals surface area contributed by atoms with Crippen LogP contribution in [0.5, 0.6) is 0 Å². The van der Waals surface area contributed by atoms with Crippen molar-refractivity contribution in [3.63, 3.8) is 0 Å². The second kappa shape index (κ2) is 4.93. The number of hydrogen-bond acceptors (Lipinski definition) is 3. The van der Waals surface area contributed by atoms with Crippen molar-refractivity contribution in [1.82, 2.24) is 5.01 Å². The van der Waals surface area contributed by atoms with Gasteiger partial charge in [0.1, 0.15) is 0 Å². The average Bonchev–Trinajstić information content (AvgIpc) is 2.27. The van der Waals surface area contributed by atoms with E-state index in [4.69, 9.17) is 16.3 Å². The predicted molar refractivity (Wildman–Crippen MR) is 65.4 cm³/mol. The topological polar surface area (TPSA) is 41.6 Å². The lowest BCUT2D eigenvalue weighted by Crippen LogP contribution is -2.41. The lowest BCUT2D eigenvalue weighted by Gasteiger charge is -2.27. The van der Waals surface area contributed by atoms with Crippen molar-refractivity contribution in [3.8, 4) is 0 Å². The van der Waals surface area contributed by atoms with Crippen LogP contribution in [0.15, 0.2) is 22.7 Å². The Kier molecular flexibility index (Phi) is 3.56. The van der Waals surface area contributed by atoms with Gasteiger partial charge in [0.15, 0.2) is 0 Å². The molecule has 1 N–H and O–H groups in total. The first-order valence-corrected chi connectivity index (χ1v) is 6.00. The largest absolute Gasteiger partial charge is 0.448 e. The summed E-state index contributed by atoms with van der Waals surface area (Å²) in [6.07, 6.45) is 0.437. The minimum atomic E-state index is -0.373. The first-order valence-electron chi connectivity index (χ1n) is 4.83. The third-order valence-corrected chi connectivity index (χ3v) is 2.98. The molecule has 0 atom stereocenters. The van der Waals surface area contributed by atoms with Gasteiger partial charge in [-0.2, -0.15) is 0 Å². The van der Waals surface area contributed by atoms with E-state index in [1.165, 1.54) is 5.01 Å². The van der Waals surface area contributed by atoms with Gasteiger partial charge >= 0.3 is 6.09 Å². The summed E-state index contributed by atoms with van der Waals surface area (Å²) in [7, 11) is 0. The number of cyclic esters (lactones) is 1. The van der Waals surface area contributed by atoms with Crippen molar-refractivity contribution in [2.75, 3.05) is 18.6 Å². The third-order valence-electron chi connectivity index (χ3n) is 2.16. The van der Waals surface area contributed by atoms with Crippen LogP contribution in [0.1, 0.15) is 6.42 Å². The van der Waals surface area contributed by atoms with Gasteiger partial charge in [-0.15, -0.1) is 0 Å². The molecule has 6 heteroatoms. The Bertz CT molecular complexity index is 414. The molecule has 0 aromatic heterocycles. The summed E-state index contributed by atoms with van der Waals surface area (Å²) >= 11 is 9.34. The highest BCUT2D eigenvalue weighted by Crippen LogP contribution is 2.26. The summed E-state index contributed by atoms with van der Waals surface area (Å²) in [6, 6.07) is 5.40. The number of amides is 1. The summed E-state index contributed by atoms with van der Waals surface area (Å²) in [5.74, 6) is 0. The van der Waals surface area contributed by atoms with Gasteiger partial charge in [0, 0.05) is 17.4 Å². The molecule has 1 aromatic carbocycles. The lowest BCUT2D eigenvalue weighted by molar-refractivity contribution is 0.0826. The van der Waals surface area contributed by atoms with E-state index in [0.717, 1.165) is 10.9 Å². The Labute approximate surface area is 107 Å². The fourth-order valence-corrected chi connectivity index (χ4v) is 1.90. The SMILES string of the molecule is O=C1OCCCN1Nc1cc(Br)ccc1Cl. The van der Waals surface area contributed by atoms with Gasteiger partial charge in [0.2, 0.25) is 0 Å². The van der Waals surface area contributed by atoms with Gasteiger partial charge in [0.05, 0.1) is 17.3 Å². The van der Waals surface area contributed by atoms with Crippen LogP contribution < -0.4 is 5.43 Å². The van der Waals surface area contributed by atoms with Crippen LogP contribution in [0, 0.1) is 0 Å². The van der Waals surface area contributed by atoms with Gasteiger partial charge in [-0.1, -0.05) is 27.5 Å². The number of hydrogen-bond donors (Lipinski definition) is 1. The highest BCUT2D eigenvalue weighted by Gasteiger charge is 2.20. The molecule has 0 saturated carbocycles. The summed E-state index contributed by atoms with van der Waals surface area (Å²) in [6.45, 7) is 1.09. The van der Waals surface area contributed by atoms with E-state index < -0.39 is 0 Å². The standard InChI is InChI=1S/C10H10BrClN2O2/c11-7-2-3-8(12)9(6-7)13-14-4-1-5-16-10(14)15/h2-3,6,13H,1,4-5H2. The molecule has 1 amide bonds. The molecule has 1 aliphatic heterocycles. The molecule has 0 radical (unpaired) electrons. The van der Waals surface area contributed by atoms with Crippen LogP contribution in [0.3, 0.4) is 0 Å². The molecule has 16 heavy (non-hydrogen) atoms. The van der Waals surface area contributed by atoms with Gasteiger partial charge < -0.3 is 4.74 Å². The summed E-state index contributed by atoms with van der Waals surface area (Å²) in [4.78, 5) is 11.4. The first-order chi connectivity index (χ1) is 7.66. The Morgan fingerprint density at radius 2 is 2.31 bits per heavy atom. The molecule has 0 bridgehead atoms. The van der Waals surface area contributed by atoms with Crippen LogP contribution >= 0.6 is 27.5 Å². The number of carbonyl (C=O) groups is 1. The van der Waals surface area contributed by atoms with Crippen molar-refractivity contribution in [2.45, 2.75) is 6.42 Å². The molecule has 1 fully saturated rings. The highest BCUT2D eigenvalue weighted by molar-refractivity contribution is 9.10. The number of nitrogens with zero attached hydrogens (tertiary/aromatic N) is 1. The monoisotopic (exact) mass is 304 g/mol. The Hall–Kier alpha value is -0.940. The Morgan fingerprint density at radius 3 is 3.06 bits per heavy atom. The summed E-state index contributed by atoms with van der Waals surface area (Å²) in [5.41, 5.74) is 3.61. The maximum Gasteiger partial charge on any atom is 0.428 e. The fourth-order valence-electron chi connectivity index (χ4n) is 1.38. The molecule has 0 unspecified atom stereocenters. The van der Waals surface area contributed by atoms with E-state index in [1.807, 2.05) is 12.1 Å². The number of nitrogens with one attached hydrogen (secondary N) is 1. The molecule has 4 nitrogen and oxygen atoms in total. The maximum absolute atomic E-state index is 11.4. The first kappa shape index (κ1) is 11.5. The third kappa shape index (κ3) is 2.59. The zero-order chi connectivity index (χ0) is 11.5. The van der Waals surface area contributed by atoms with E-state index in [0.29, 0.717) is 23.9 Å². The van der Waals surface area contributed by atoms with Crippen molar-refractivity contribution < 1.29 is 9.53 Å². The number of halogens is 2. The quantitative estimate of drug-likeness (QED) is 0.912. The van der Waals surface area contributed by atoms with E-state index >= 15 is 0 Å². The molecule has 1 aliphatic rings. The molecule has 86 valence electrons. The second-order valence-electron chi connectivity index (χ2n) is 3.36. The van der Waals surface area contributed by atoms with Crippen LogP contribution in [-0.4, -0.2) is 24.3 Å². The molecular weight excluding hydrogens is 295 g/mol. The van der Waals surface area contributed by atoms with E-state index in [1.54, 1.807) is 6.07 Å². The number of benzene rings is 1. The van der Waals surface area contributed by atoms with Crippen LogP contribution in [0.4, 0.5) is 10.5 Å². The average molecular weight is 306 g/mol. The van der Waals surface area contributed by atoms with Crippen LogP contribution in [0.2, 0.25) is 5.02 Å². The number of hydrazine groups is 1. The van der Waals surface area contributed by atoms with Gasteiger partial charge in [-0.3, -0.25) is 5.43 Å². The van der Waals surface area contributed by atoms with Crippen molar-refractivity contribution >= 4 is 39.3 Å². The van der Waals surface area contributed by atoms with Gasteiger partial charge in [0.25, 0.3) is 0 Å². The summed E-state index contributed by atoms with van der Waals surface area (Å²) < 4.78 is 5.80. The van der Waals surface area contributed by atoms with Crippen LogP contribution in [-0.2, 0) is 4.74 Å². The fraction of sp³-hybridized carbons (Fsp3) is 0.300. The van der Waals surface area contributed by atoms with Gasteiger partial charge in [-0.05, 0) is 18.2 Å². The number of carbonyl (C=O) groups excluding carboxylic acids is 1. The molecule has 0 spiro atoms. The number of rotatable bonds is 2. The summed E-state index contributed by atoms with van der Waals surface area (Å²) in [5, 5.41) is 1.97. The van der Waals surface area contributed by atoms with E-state index in [-0.39, 0.29) is 6.09 Å². The minimum absolute atomic E-state index is 0.373. The Morgan fingerprint density at radius 1 is 1.50 bits per heavy atom. The number of ether oxygens (including phenoxy) is 1. The molecule has 1 heterocycles. The maximum atomic E-state index is 11.4. The zero-order valence-electron chi connectivity index (χ0n) is 8.37. The van der Waals surface area contributed by atoms with Crippen molar-refractivity contribution in [2.24, 2.45) is 0 Å². The molecular formula is C10H10BrClN2O2. The van der Waals surface area contributed by atoms with Crippen molar-refractivity contribution in [3.05, 3.63) is 27.7 Å². The Balaban J connectivity index is 2.13. The molecule has 2 rings (SSSR count). The predicted octanol–water partition coefficient (Wildman–Crippen LogP) is 3.27. The van der Waals surface area contributed by atoms with Crippen molar-refractivity contribution in [1.29, 1.82) is 0 Å². The normalized spacial score (nSPS) is 15.9. The smallest absolute Gasteiger partial charge is 0.428 e. The zero-order valence-corrected chi connectivity index (χ0v) is 10.7. The lowest BCUT2D eigenvalue weighted by atomic mass is 10.3. The molecule has 0 aliphatic carbocycles. The van der Waals surface area contributed by atoms with E-state index in [9.17, 15) is 4.79 Å². The second-order valence-corrected chi connectivity index (χ2v) is 4.68. The molecule has 1 saturated heterocycles. The van der Waals surface area contributed by atoms with Crippen LogP contribution in [0.25, 0.3) is 0 Å². The van der Waals surface area contributed by atoms with E-state index in [2.05, 4.69) is 21.4 Å². The highest BCUT2D eigenvalue weighted by atomic mass is 79.9. The van der Waals surface area contributed by atoms with Gasteiger partial charge in [-0.25, -0.2) is 9.80 Å². The molecule has 1 aromatic rings. The number of anilines is 1. The minimum Gasteiger partial charge on any atom is -0.448 e.